The van der Waals surface area contributed by atoms with Gasteiger partial charge in [-0.2, -0.15) is 0 Å². The summed E-state index contributed by atoms with van der Waals surface area (Å²) < 4.78 is 0. The number of allylic oxidation sites excluding steroid dienone is 2. The first-order chi connectivity index (χ1) is 5.12. The van der Waals surface area contributed by atoms with Crippen molar-refractivity contribution in [3.8, 4) is 11.8 Å². The third-order valence-electron chi connectivity index (χ3n) is 1.58. The van der Waals surface area contributed by atoms with Crippen molar-refractivity contribution in [1.82, 2.24) is 0 Å². The smallest absolute Gasteiger partial charge is 0.0259 e. The van der Waals surface area contributed by atoms with Crippen molar-refractivity contribution in [2.24, 2.45) is 5.41 Å². The summed E-state index contributed by atoms with van der Waals surface area (Å²) in [6.45, 7) is 6.47. The van der Waals surface area contributed by atoms with Gasteiger partial charge in [0, 0.05) is 10.7 Å². The molecular weight excluding hydrogens is 200 g/mol. The second-order valence-electron chi connectivity index (χ2n) is 3.06. The van der Waals surface area contributed by atoms with E-state index in [-0.39, 0.29) is 5.41 Å². The molecule has 0 aromatic rings. The van der Waals surface area contributed by atoms with Crippen molar-refractivity contribution < 1.29 is 0 Å². The van der Waals surface area contributed by atoms with E-state index in [0.29, 0.717) is 0 Å². The van der Waals surface area contributed by atoms with Crippen LogP contribution >= 0.6 is 15.9 Å². The number of rotatable bonds is 2. The summed E-state index contributed by atoms with van der Waals surface area (Å²) in [7, 11) is 0. The molecule has 0 N–H and O–H groups in total. The van der Waals surface area contributed by atoms with E-state index in [0.717, 1.165) is 11.8 Å². The maximum atomic E-state index is 3.29. The third-order valence-corrected chi connectivity index (χ3v) is 1.96. The fourth-order valence-electron chi connectivity index (χ4n) is 0.429. The van der Waals surface area contributed by atoms with Crippen LogP contribution < -0.4 is 0 Å². The summed E-state index contributed by atoms with van der Waals surface area (Å²) in [4.78, 5) is 0. The van der Waals surface area contributed by atoms with Crippen LogP contribution in [0.3, 0.4) is 0 Å². The lowest BCUT2D eigenvalue weighted by Gasteiger charge is -2.12. The highest BCUT2D eigenvalue weighted by Gasteiger charge is 2.08. The van der Waals surface area contributed by atoms with Gasteiger partial charge in [0.2, 0.25) is 0 Å². The molecule has 0 aliphatic rings. The molecule has 62 valence electrons. The second kappa shape index (κ2) is 5.43. The Morgan fingerprint density at radius 3 is 2.55 bits per heavy atom. The zero-order valence-corrected chi connectivity index (χ0v) is 9.03. The Kier molecular flexibility index (Phi) is 5.32. The van der Waals surface area contributed by atoms with E-state index in [2.05, 4.69) is 48.5 Å². The Labute approximate surface area is 78.2 Å². The van der Waals surface area contributed by atoms with Crippen LogP contribution in [0.5, 0.6) is 0 Å². The molecular formula is C10H15Br. The number of alkyl halides is 1. The molecule has 0 rings (SSSR count). The molecule has 11 heavy (non-hydrogen) atoms. The minimum Gasteiger partial charge on any atom is -0.0923 e. The van der Waals surface area contributed by atoms with Gasteiger partial charge in [-0.15, -0.1) is 0 Å². The molecule has 0 aromatic carbocycles. The standard InChI is InChI=1S/C10H15Br/c1-4-10(2,3)8-6-5-7-9-11/h5,7H,4,9H2,1-3H3. The quantitative estimate of drug-likeness (QED) is 0.489. The van der Waals surface area contributed by atoms with Gasteiger partial charge in [-0.05, 0) is 26.3 Å². The summed E-state index contributed by atoms with van der Waals surface area (Å²) in [5, 5.41) is 0.883. The second-order valence-corrected chi connectivity index (χ2v) is 3.71. The van der Waals surface area contributed by atoms with Gasteiger partial charge in [0.15, 0.2) is 0 Å². The Morgan fingerprint density at radius 2 is 2.09 bits per heavy atom. The molecule has 0 saturated heterocycles. The van der Waals surface area contributed by atoms with E-state index < -0.39 is 0 Å². The van der Waals surface area contributed by atoms with Crippen LogP contribution in [0.4, 0.5) is 0 Å². The molecule has 1 heteroatoms. The summed E-state index contributed by atoms with van der Waals surface area (Å²) in [5.41, 5.74) is 0.163. The molecule has 0 radical (unpaired) electrons. The van der Waals surface area contributed by atoms with Crippen molar-refractivity contribution in [3.63, 3.8) is 0 Å². The molecule has 0 spiro atoms. The molecule has 0 bridgehead atoms. The Hall–Kier alpha value is -0.220. The van der Waals surface area contributed by atoms with E-state index in [1.165, 1.54) is 0 Å². The van der Waals surface area contributed by atoms with Crippen molar-refractivity contribution in [2.45, 2.75) is 27.2 Å². The molecule has 0 atom stereocenters. The topological polar surface area (TPSA) is 0 Å². The van der Waals surface area contributed by atoms with Gasteiger partial charge in [-0.3, -0.25) is 0 Å². The molecule has 0 aliphatic heterocycles. The van der Waals surface area contributed by atoms with Gasteiger partial charge in [0.25, 0.3) is 0 Å². The molecule has 0 heterocycles. The monoisotopic (exact) mass is 214 g/mol. The number of halogens is 1. The van der Waals surface area contributed by atoms with Gasteiger partial charge >= 0.3 is 0 Å². The van der Waals surface area contributed by atoms with Crippen LogP contribution in [0.2, 0.25) is 0 Å². The Bertz CT molecular complexity index is 179. The number of hydrogen-bond donors (Lipinski definition) is 0. The van der Waals surface area contributed by atoms with E-state index >= 15 is 0 Å². The Balaban J connectivity index is 3.96. The fourth-order valence-corrected chi connectivity index (χ4v) is 0.616. The van der Waals surface area contributed by atoms with E-state index in [9.17, 15) is 0 Å². The van der Waals surface area contributed by atoms with Crippen LogP contribution in [-0.2, 0) is 0 Å². The largest absolute Gasteiger partial charge is 0.0923 e. The minimum atomic E-state index is 0.163. The normalized spacial score (nSPS) is 11.3. The highest BCUT2D eigenvalue weighted by Crippen LogP contribution is 2.17. The Morgan fingerprint density at radius 1 is 1.45 bits per heavy atom. The summed E-state index contributed by atoms with van der Waals surface area (Å²) in [5.74, 6) is 6.20. The highest BCUT2D eigenvalue weighted by atomic mass is 79.9. The van der Waals surface area contributed by atoms with Crippen molar-refractivity contribution in [2.75, 3.05) is 5.33 Å². The van der Waals surface area contributed by atoms with Crippen LogP contribution in [0.25, 0.3) is 0 Å². The van der Waals surface area contributed by atoms with E-state index in [1.807, 2.05) is 12.2 Å². The van der Waals surface area contributed by atoms with Gasteiger partial charge in [0.05, 0.1) is 0 Å². The van der Waals surface area contributed by atoms with E-state index in [4.69, 9.17) is 0 Å². The first-order valence-corrected chi connectivity index (χ1v) is 4.98. The molecule has 0 aromatic heterocycles. The van der Waals surface area contributed by atoms with Crippen molar-refractivity contribution in [3.05, 3.63) is 12.2 Å². The third kappa shape index (κ3) is 6.19. The SMILES string of the molecule is CCC(C)(C)C#CC=CCBr. The average molecular weight is 215 g/mol. The van der Waals surface area contributed by atoms with Crippen LogP contribution in [0, 0.1) is 17.3 Å². The molecule has 0 aliphatic carbocycles. The number of hydrogen-bond acceptors (Lipinski definition) is 0. The molecule has 0 saturated carbocycles. The van der Waals surface area contributed by atoms with Gasteiger partial charge < -0.3 is 0 Å². The maximum Gasteiger partial charge on any atom is 0.0259 e. The average Bonchev–Trinajstić information content (AvgIpc) is 1.99. The summed E-state index contributed by atoms with van der Waals surface area (Å²) in [6, 6.07) is 0. The first-order valence-electron chi connectivity index (χ1n) is 3.86. The van der Waals surface area contributed by atoms with E-state index in [1.54, 1.807) is 0 Å². The summed E-state index contributed by atoms with van der Waals surface area (Å²) >= 11 is 3.29. The molecule has 0 unspecified atom stereocenters. The highest BCUT2D eigenvalue weighted by molar-refractivity contribution is 9.09. The maximum absolute atomic E-state index is 3.29. The minimum absolute atomic E-state index is 0.163. The van der Waals surface area contributed by atoms with Crippen LogP contribution in [-0.4, -0.2) is 5.33 Å². The predicted octanol–water partition coefficient (Wildman–Crippen LogP) is 3.38. The zero-order valence-electron chi connectivity index (χ0n) is 7.45. The van der Waals surface area contributed by atoms with Crippen molar-refractivity contribution >= 4 is 15.9 Å². The first kappa shape index (κ1) is 10.8. The predicted molar refractivity (Wildman–Crippen MR) is 54.8 cm³/mol. The van der Waals surface area contributed by atoms with Crippen molar-refractivity contribution in [1.29, 1.82) is 0 Å². The fraction of sp³-hybridized carbons (Fsp3) is 0.600. The van der Waals surface area contributed by atoms with Crippen LogP contribution in [0.1, 0.15) is 27.2 Å². The lowest BCUT2D eigenvalue weighted by molar-refractivity contribution is 0.485. The summed E-state index contributed by atoms with van der Waals surface area (Å²) in [6.07, 6.45) is 4.99. The van der Waals surface area contributed by atoms with Crippen LogP contribution in [0.15, 0.2) is 12.2 Å². The molecule has 0 nitrogen and oxygen atoms in total. The molecule has 0 amide bonds. The zero-order chi connectivity index (χ0) is 8.74. The van der Waals surface area contributed by atoms with Gasteiger partial charge in [-0.1, -0.05) is 40.8 Å². The van der Waals surface area contributed by atoms with Gasteiger partial charge in [-0.25, -0.2) is 0 Å². The van der Waals surface area contributed by atoms with Gasteiger partial charge in [0.1, 0.15) is 0 Å². The molecule has 0 fully saturated rings. The lowest BCUT2D eigenvalue weighted by atomic mass is 9.91. The lowest BCUT2D eigenvalue weighted by Crippen LogP contribution is -2.04.